The van der Waals surface area contributed by atoms with Crippen molar-refractivity contribution in [2.75, 3.05) is 6.54 Å². The molecule has 3 N–H and O–H groups in total. The molecule has 0 aliphatic rings. The maximum absolute atomic E-state index is 12.8. The van der Waals surface area contributed by atoms with Crippen LogP contribution in [-0.2, 0) is 6.42 Å². The summed E-state index contributed by atoms with van der Waals surface area (Å²) in [5, 5.41) is 2.78. The minimum atomic E-state index is -0.370. The lowest BCUT2D eigenvalue weighted by Crippen LogP contribution is -2.25. The lowest BCUT2D eigenvalue weighted by atomic mass is 10.1. The van der Waals surface area contributed by atoms with E-state index in [1.54, 1.807) is 0 Å². The molecule has 3 aromatic rings. The molecule has 0 aliphatic carbocycles. The van der Waals surface area contributed by atoms with Crippen molar-refractivity contribution in [1.82, 2.24) is 15.3 Å². The number of nitrogens with one attached hydrogen (secondary N) is 3. The van der Waals surface area contributed by atoms with Crippen LogP contribution in [-0.4, -0.2) is 22.4 Å². The van der Waals surface area contributed by atoms with Crippen molar-refractivity contribution in [3.63, 3.8) is 0 Å². The minimum Gasteiger partial charge on any atom is -0.352 e. The van der Waals surface area contributed by atoms with Crippen LogP contribution in [0.4, 0.5) is 4.39 Å². The quantitative estimate of drug-likeness (QED) is 0.688. The third kappa shape index (κ3) is 3.06. The number of hydrogen-bond donors (Lipinski definition) is 3. The number of H-pyrrole nitrogens is 2. The molecule has 1 heterocycles. The van der Waals surface area contributed by atoms with Crippen molar-refractivity contribution >= 4 is 16.9 Å². The normalized spacial score (nSPS) is 10.8. The Kier molecular flexibility index (Phi) is 3.74. The Morgan fingerprint density at radius 2 is 1.77 bits per heavy atom. The summed E-state index contributed by atoms with van der Waals surface area (Å²) in [6.07, 6.45) is 0.635. The average molecular weight is 299 g/mol. The SMILES string of the molecule is O=C(NCCc1ccc2[nH]c(=O)[nH]c2c1)c1ccc(F)cc1. The summed E-state index contributed by atoms with van der Waals surface area (Å²) in [6.45, 7) is 0.455. The van der Waals surface area contributed by atoms with Gasteiger partial charge in [0.25, 0.3) is 5.91 Å². The number of aromatic nitrogens is 2. The van der Waals surface area contributed by atoms with Crippen LogP contribution in [0, 0.1) is 5.82 Å². The highest BCUT2D eigenvalue weighted by atomic mass is 19.1. The van der Waals surface area contributed by atoms with E-state index in [1.807, 2.05) is 18.2 Å². The first-order valence-electron chi connectivity index (χ1n) is 6.86. The molecule has 112 valence electrons. The van der Waals surface area contributed by atoms with E-state index in [2.05, 4.69) is 15.3 Å². The monoisotopic (exact) mass is 299 g/mol. The molecule has 0 aliphatic heterocycles. The molecule has 0 saturated carbocycles. The zero-order valence-corrected chi connectivity index (χ0v) is 11.7. The number of amides is 1. The third-order valence-corrected chi connectivity index (χ3v) is 3.39. The summed E-state index contributed by atoms with van der Waals surface area (Å²) in [6, 6.07) is 11.0. The molecule has 22 heavy (non-hydrogen) atoms. The van der Waals surface area contributed by atoms with Gasteiger partial charge in [-0.25, -0.2) is 9.18 Å². The van der Waals surface area contributed by atoms with Crippen molar-refractivity contribution in [2.24, 2.45) is 0 Å². The van der Waals surface area contributed by atoms with Gasteiger partial charge in [0.15, 0.2) is 0 Å². The maximum atomic E-state index is 12.8. The highest BCUT2D eigenvalue weighted by molar-refractivity contribution is 5.94. The van der Waals surface area contributed by atoms with Gasteiger partial charge in [-0.3, -0.25) is 4.79 Å². The molecule has 0 radical (unpaired) electrons. The smallest absolute Gasteiger partial charge is 0.323 e. The number of carbonyl (C=O) groups is 1. The number of hydrogen-bond acceptors (Lipinski definition) is 2. The second-order valence-corrected chi connectivity index (χ2v) is 4.97. The Bertz CT molecular complexity index is 865. The number of rotatable bonds is 4. The van der Waals surface area contributed by atoms with Crippen molar-refractivity contribution in [1.29, 1.82) is 0 Å². The fraction of sp³-hybridized carbons (Fsp3) is 0.125. The predicted octanol–water partition coefficient (Wildman–Crippen LogP) is 1.97. The summed E-state index contributed by atoms with van der Waals surface area (Å²) in [4.78, 5) is 28.4. The lowest BCUT2D eigenvalue weighted by Gasteiger charge is -2.05. The van der Waals surface area contributed by atoms with E-state index in [-0.39, 0.29) is 17.4 Å². The van der Waals surface area contributed by atoms with E-state index >= 15 is 0 Å². The standard InChI is InChI=1S/C16H14FN3O2/c17-12-4-2-11(3-5-12)15(21)18-8-7-10-1-6-13-14(9-10)20-16(22)19-13/h1-6,9H,7-8H2,(H,18,21)(H2,19,20,22). The fourth-order valence-corrected chi connectivity index (χ4v) is 2.26. The summed E-state index contributed by atoms with van der Waals surface area (Å²) in [5.41, 5.74) is 2.68. The number of imidazole rings is 1. The third-order valence-electron chi connectivity index (χ3n) is 3.39. The van der Waals surface area contributed by atoms with Gasteiger partial charge in [-0.2, -0.15) is 0 Å². The molecule has 0 saturated heterocycles. The second kappa shape index (κ2) is 5.85. The van der Waals surface area contributed by atoms with E-state index in [0.29, 0.717) is 18.5 Å². The lowest BCUT2D eigenvalue weighted by molar-refractivity contribution is 0.0954. The summed E-state index contributed by atoms with van der Waals surface area (Å²) >= 11 is 0. The Morgan fingerprint density at radius 1 is 1.05 bits per heavy atom. The summed E-state index contributed by atoms with van der Waals surface area (Å²) in [5.74, 6) is -0.610. The van der Waals surface area contributed by atoms with Gasteiger partial charge < -0.3 is 15.3 Å². The van der Waals surface area contributed by atoms with E-state index in [1.165, 1.54) is 24.3 Å². The molecular weight excluding hydrogens is 285 g/mol. The van der Waals surface area contributed by atoms with Crippen LogP contribution >= 0.6 is 0 Å². The largest absolute Gasteiger partial charge is 0.352 e. The molecule has 0 spiro atoms. The molecule has 2 aromatic carbocycles. The molecule has 0 bridgehead atoms. The second-order valence-electron chi connectivity index (χ2n) is 4.97. The molecule has 0 fully saturated rings. The zero-order valence-electron chi connectivity index (χ0n) is 11.7. The van der Waals surface area contributed by atoms with E-state index in [0.717, 1.165) is 16.6 Å². The Labute approximate surface area is 125 Å². The molecule has 3 rings (SSSR count). The van der Waals surface area contributed by atoms with Gasteiger partial charge in [-0.05, 0) is 48.4 Å². The Morgan fingerprint density at radius 3 is 2.55 bits per heavy atom. The number of halogens is 1. The van der Waals surface area contributed by atoms with Gasteiger partial charge in [0.1, 0.15) is 5.82 Å². The molecule has 1 amide bonds. The van der Waals surface area contributed by atoms with Crippen LogP contribution in [0.2, 0.25) is 0 Å². The fourth-order valence-electron chi connectivity index (χ4n) is 2.26. The first-order valence-corrected chi connectivity index (χ1v) is 6.86. The molecule has 6 heteroatoms. The van der Waals surface area contributed by atoms with Gasteiger partial charge in [-0.15, -0.1) is 0 Å². The van der Waals surface area contributed by atoms with Gasteiger partial charge in [0.2, 0.25) is 0 Å². The molecular formula is C16H14FN3O2. The van der Waals surface area contributed by atoms with E-state index < -0.39 is 0 Å². The van der Waals surface area contributed by atoms with Crippen molar-refractivity contribution in [2.45, 2.75) is 6.42 Å². The van der Waals surface area contributed by atoms with Crippen LogP contribution in [0.25, 0.3) is 11.0 Å². The van der Waals surface area contributed by atoms with Gasteiger partial charge in [0, 0.05) is 12.1 Å². The van der Waals surface area contributed by atoms with Crippen LogP contribution in [0.3, 0.4) is 0 Å². The Hall–Kier alpha value is -2.89. The number of fused-ring (bicyclic) bond motifs is 1. The highest BCUT2D eigenvalue weighted by Crippen LogP contribution is 2.10. The topological polar surface area (TPSA) is 77.8 Å². The number of carbonyl (C=O) groups excluding carboxylic acids is 1. The molecule has 0 atom stereocenters. The van der Waals surface area contributed by atoms with Gasteiger partial charge in [-0.1, -0.05) is 6.07 Å². The number of aromatic amines is 2. The first-order chi connectivity index (χ1) is 10.6. The minimum absolute atomic E-state index is 0.239. The van der Waals surface area contributed by atoms with Crippen LogP contribution in [0.5, 0.6) is 0 Å². The van der Waals surface area contributed by atoms with E-state index in [9.17, 15) is 14.0 Å². The first kappa shape index (κ1) is 14.1. The summed E-state index contributed by atoms with van der Waals surface area (Å²) < 4.78 is 12.8. The molecule has 1 aromatic heterocycles. The molecule has 0 unspecified atom stereocenters. The van der Waals surface area contributed by atoms with E-state index in [4.69, 9.17) is 0 Å². The predicted molar refractivity (Wildman–Crippen MR) is 81.4 cm³/mol. The summed E-state index contributed by atoms with van der Waals surface area (Å²) in [7, 11) is 0. The van der Waals surface area contributed by atoms with Crippen molar-refractivity contribution < 1.29 is 9.18 Å². The van der Waals surface area contributed by atoms with Gasteiger partial charge >= 0.3 is 5.69 Å². The van der Waals surface area contributed by atoms with Crippen LogP contribution < -0.4 is 11.0 Å². The number of benzene rings is 2. The van der Waals surface area contributed by atoms with Crippen molar-refractivity contribution in [3.05, 3.63) is 69.9 Å². The van der Waals surface area contributed by atoms with Crippen LogP contribution in [0.1, 0.15) is 15.9 Å². The van der Waals surface area contributed by atoms with Crippen LogP contribution in [0.15, 0.2) is 47.3 Å². The molecule has 5 nitrogen and oxygen atoms in total. The highest BCUT2D eigenvalue weighted by Gasteiger charge is 2.05. The zero-order chi connectivity index (χ0) is 15.5. The van der Waals surface area contributed by atoms with Crippen molar-refractivity contribution in [3.8, 4) is 0 Å². The Balaban J connectivity index is 1.60. The average Bonchev–Trinajstić information content (AvgIpc) is 2.87. The maximum Gasteiger partial charge on any atom is 0.323 e. The van der Waals surface area contributed by atoms with Gasteiger partial charge in [0.05, 0.1) is 11.0 Å².